The number of fused-ring (bicyclic) bond motifs is 4. The molecule has 4 nitrogen and oxygen atoms in total. The minimum Gasteiger partial charge on any atom is -0.367 e. The van der Waals surface area contributed by atoms with Gasteiger partial charge in [0.15, 0.2) is 0 Å². The Labute approximate surface area is 114 Å². The van der Waals surface area contributed by atoms with E-state index in [2.05, 4.69) is 30.1 Å². The molecule has 19 heavy (non-hydrogen) atoms. The minimum absolute atomic E-state index is 0.206. The minimum atomic E-state index is 0.206. The van der Waals surface area contributed by atoms with Gasteiger partial charge in [-0.1, -0.05) is 6.92 Å². The van der Waals surface area contributed by atoms with Crippen LogP contribution in [0.15, 0.2) is 6.07 Å². The molecule has 0 amide bonds. The lowest BCUT2D eigenvalue weighted by Gasteiger charge is -2.37. The number of anilines is 1. The third-order valence-electron chi connectivity index (χ3n) is 4.69. The van der Waals surface area contributed by atoms with Gasteiger partial charge in [-0.3, -0.25) is 0 Å². The molecule has 1 fully saturated rings. The van der Waals surface area contributed by atoms with Gasteiger partial charge in [0.25, 0.3) is 0 Å². The summed E-state index contributed by atoms with van der Waals surface area (Å²) in [6, 6.07) is 3.47. The smallest absolute Gasteiger partial charge is 0.132 e. The predicted molar refractivity (Wildman–Crippen MR) is 74.4 cm³/mol. The van der Waals surface area contributed by atoms with Gasteiger partial charge in [-0.25, -0.2) is 4.98 Å². The lowest BCUT2D eigenvalue weighted by atomic mass is 10.1. The van der Waals surface area contributed by atoms with Crippen LogP contribution in [0.3, 0.4) is 0 Å². The van der Waals surface area contributed by atoms with Crippen molar-refractivity contribution in [3.63, 3.8) is 0 Å². The summed E-state index contributed by atoms with van der Waals surface area (Å²) in [6.45, 7) is 7.34. The number of hydrogen-bond donors (Lipinski definition) is 1. The van der Waals surface area contributed by atoms with Crippen molar-refractivity contribution in [3.8, 4) is 0 Å². The van der Waals surface area contributed by atoms with E-state index in [9.17, 15) is 0 Å². The standard InChI is InChI=1S/C15H21N3O/c1-3-13-14-11(8-19-13)4-10-5-12-7-16-6-9(2)18(12)15(10)17-14/h4,9,12-13,16H,3,5-8H2,1-2H3/t9-,12-,13-/m1/s1. The maximum Gasteiger partial charge on any atom is 0.132 e. The molecule has 0 radical (unpaired) electrons. The van der Waals surface area contributed by atoms with Gasteiger partial charge in [0.1, 0.15) is 11.9 Å². The van der Waals surface area contributed by atoms with E-state index in [4.69, 9.17) is 9.72 Å². The van der Waals surface area contributed by atoms with Crippen LogP contribution in [-0.4, -0.2) is 30.2 Å². The van der Waals surface area contributed by atoms with Gasteiger partial charge in [0.05, 0.1) is 12.3 Å². The largest absolute Gasteiger partial charge is 0.367 e. The number of rotatable bonds is 1. The molecule has 0 spiro atoms. The van der Waals surface area contributed by atoms with Crippen molar-refractivity contribution in [2.75, 3.05) is 18.0 Å². The van der Waals surface area contributed by atoms with Gasteiger partial charge in [0.2, 0.25) is 0 Å². The number of nitrogens with zero attached hydrogens (tertiary/aromatic N) is 2. The summed E-state index contributed by atoms with van der Waals surface area (Å²) in [5.41, 5.74) is 3.92. The molecule has 0 bridgehead atoms. The van der Waals surface area contributed by atoms with Crippen molar-refractivity contribution in [2.24, 2.45) is 0 Å². The van der Waals surface area contributed by atoms with Gasteiger partial charge in [0, 0.05) is 30.7 Å². The quantitative estimate of drug-likeness (QED) is 0.834. The van der Waals surface area contributed by atoms with Crippen LogP contribution in [0.4, 0.5) is 5.82 Å². The van der Waals surface area contributed by atoms with E-state index >= 15 is 0 Å². The first-order valence-electron chi connectivity index (χ1n) is 7.41. The number of piperazine rings is 1. The monoisotopic (exact) mass is 259 g/mol. The Bertz CT molecular complexity index is 516. The third kappa shape index (κ3) is 1.63. The van der Waals surface area contributed by atoms with Gasteiger partial charge >= 0.3 is 0 Å². The predicted octanol–water partition coefficient (Wildman–Crippen LogP) is 1.79. The van der Waals surface area contributed by atoms with Crippen molar-refractivity contribution in [1.29, 1.82) is 0 Å². The molecular formula is C15H21N3O. The third-order valence-corrected chi connectivity index (χ3v) is 4.69. The molecular weight excluding hydrogens is 238 g/mol. The molecule has 3 atom stereocenters. The maximum absolute atomic E-state index is 5.82. The van der Waals surface area contributed by atoms with Crippen LogP contribution in [0.25, 0.3) is 0 Å². The highest BCUT2D eigenvalue weighted by Gasteiger charge is 2.38. The Morgan fingerprint density at radius 2 is 2.32 bits per heavy atom. The zero-order valence-electron chi connectivity index (χ0n) is 11.6. The molecule has 1 saturated heterocycles. The second kappa shape index (κ2) is 4.18. The van der Waals surface area contributed by atoms with E-state index < -0.39 is 0 Å². The summed E-state index contributed by atoms with van der Waals surface area (Å²) in [6.07, 6.45) is 2.35. The van der Waals surface area contributed by atoms with Gasteiger partial charge in [-0.2, -0.15) is 0 Å². The number of hydrogen-bond acceptors (Lipinski definition) is 4. The Balaban J connectivity index is 1.78. The fourth-order valence-electron chi connectivity index (χ4n) is 3.78. The molecule has 4 rings (SSSR count). The normalized spacial score (nSPS) is 32.1. The van der Waals surface area contributed by atoms with Crippen molar-refractivity contribution in [3.05, 3.63) is 22.9 Å². The summed E-state index contributed by atoms with van der Waals surface area (Å²) in [5.74, 6) is 1.22. The molecule has 1 N–H and O–H groups in total. The highest BCUT2D eigenvalue weighted by molar-refractivity contribution is 5.58. The highest BCUT2D eigenvalue weighted by Crippen LogP contribution is 2.39. The van der Waals surface area contributed by atoms with E-state index in [0.717, 1.165) is 32.5 Å². The number of ether oxygens (including phenoxy) is 1. The number of nitrogens with one attached hydrogen (secondary N) is 1. The van der Waals surface area contributed by atoms with Crippen LogP contribution >= 0.6 is 0 Å². The van der Waals surface area contributed by atoms with Crippen LogP contribution in [0.2, 0.25) is 0 Å². The van der Waals surface area contributed by atoms with Crippen LogP contribution in [0.5, 0.6) is 0 Å². The molecule has 3 aliphatic rings. The summed E-state index contributed by atoms with van der Waals surface area (Å²) >= 11 is 0. The van der Waals surface area contributed by atoms with Crippen molar-refractivity contribution >= 4 is 5.82 Å². The Hall–Kier alpha value is -1.13. The number of pyridine rings is 1. The average molecular weight is 259 g/mol. The van der Waals surface area contributed by atoms with Gasteiger partial charge < -0.3 is 15.0 Å². The summed E-state index contributed by atoms with van der Waals surface area (Å²) in [7, 11) is 0. The van der Waals surface area contributed by atoms with Gasteiger partial charge in [-0.15, -0.1) is 0 Å². The zero-order valence-corrected chi connectivity index (χ0v) is 11.6. The SMILES string of the molecule is CC[C@H]1OCc2cc3c(nc21)N1[C@@H](CNC[C@H]1C)C3. The Kier molecular flexibility index (Phi) is 2.57. The summed E-state index contributed by atoms with van der Waals surface area (Å²) < 4.78 is 5.82. The summed E-state index contributed by atoms with van der Waals surface area (Å²) in [4.78, 5) is 7.52. The van der Waals surface area contributed by atoms with E-state index in [0.29, 0.717) is 12.1 Å². The van der Waals surface area contributed by atoms with E-state index in [1.807, 2.05) is 0 Å². The second-order valence-corrected chi connectivity index (χ2v) is 6.00. The zero-order chi connectivity index (χ0) is 13.0. The molecule has 1 aromatic rings. The molecule has 3 aliphatic heterocycles. The van der Waals surface area contributed by atoms with Crippen LogP contribution < -0.4 is 10.2 Å². The fourth-order valence-corrected chi connectivity index (χ4v) is 3.78. The molecule has 0 aliphatic carbocycles. The van der Waals surface area contributed by atoms with E-state index in [1.54, 1.807) is 0 Å². The lowest BCUT2D eigenvalue weighted by Crippen LogP contribution is -2.55. The maximum atomic E-state index is 5.82. The Morgan fingerprint density at radius 1 is 1.42 bits per heavy atom. The van der Waals surface area contributed by atoms with E-state index in [1.165, 1.54) is 22.6 Å². The topological polar surface area (TPSA) is 37.4 Å². The molecule has 0 unspecified atom stereocenters. The van der Waals surface area contributed by atoms with Crippen LogP contribution in [0.1, 0.15) is 43.2 Å². The molecule has 102 valence electrons. The van der Waals surface area contributed by atoms with E-state index in [-0.39, 0.29) is 6.10 Å². The molecule has 4 heteroatoms. The van der Waals surface area contributed by atoms with Crippen LogP contribution in [0, 0.1) is 0 Å². The van der Waals surface area contributed by atoms with Crippen LogP contribution in [-0.2, 0) is 17.8 Å². The first-order valence-corrected chi connectivity index (χ1v) is 7.41. The first kappa shape index (κ1) is 11.7. The Morgan fingerprint density at radius 3 is 3.16 bits per heavy atom. The van der Waals surface area contributed by atoms with Crippen molar-refractivity contribution in [1.82, 2.24) is 10.3 Å². The second-order valence-electron chi connectivity index (χ2n) is 6.00. The molecule has 4 heterocycles. The van der Waals surface area contributed by atoms with Crippen molar-refractivity contribution in [2.45, 2.75) is 51.5 Å². The average Bonchev–Trinajstić information content (AvgIpc) is 2.96. The van der Waals surface area contributed by atoms with Crippen molar-refractivity contribution < 1.29 is 4.74 Å². The lowest BCUT2D eigenvalue weighted by molar-refractivity contribution is 0.0618. The molecule has 0 saturated carbocycles. The number of aromatic nitrogens is 1. The fraction of sp³-hybridized carbons (Fsp3) is 0.667. The summed E-state index contributed by atoms with van der Waals surface area (Å²) in [5, 5.41) is 3.52. The molecule has 1 aromatic heterocycles. The molecule has 0 aromatic carbocycles. The van der Waals surface area contributed by atoms with Gasteiger partial charge in [-0.05, 0) is 31.4 Å². The first-order chi connectivity index (χ1) is 9.28. The highest BCUT2D eigenvalue weighted by atomic mass is 16.5.